The fraction of sp³-hybridized carbons (Fsp3) is 0.385. The van der Waals surface area contributed by atoms with Crippen molar-refractivity contribution in [3.05, 3.63) is 58.4 Å². The molecule has 3 N–H and O–H groups in total. The molecule has 2 heterocycles. The lowest BCUT2D eigenvalue weighted by Gasteiger charge is -2.27. The molecule has 1 aliphatic heterocycles. The monoisotopic (exact) mass is 531 g/mol. The highest BCUT2D eigenvalue weighted by Gasteiger charge is 2.32. The number of amides is 2. The largest absolute Gasteiger partial charge is 0.496 e. The number of anilines is 1. The highest BCUT2D eigenvalue weighted by Crippen LogP contribution is 2.35. The molecule has 2 amide bonds. The van der Waals surface area contributed by atoms with E-state index in [1.54, 1.807) is 30.9 Å². The molecule has 0 spiro atoms. The van der Waals surface area contributed by atoms with Gasteiger partial charge in [0.15, 0.2) is 0 Å². The zero-order chi connectivity index (χ0) is 27.6. The van der Waals surface area contributed by atoms with Gasteiger partial charge in [-0.1, -0.05) is 6.07 Å². The van der Waals surface area contributed by atoms with Crippen molar-refractivity contribution in [3.63, 3.8) is 0 Å². The van der Waals surface area contributed by atoms with Gasteiger partial charge in [-0.2, -0.15) is 13.2 Å². The van der Waals surface area contributed by atoms with Crippen LogP contribution in [0.2, 0.25) is 0 Å². The molecular weight excluding hydrogens is 503 g/mol. The van der Waals surface area contributed by atoms with Crippen LogP contribution in [-0.2, 0) is 22.1 Å². The third-order valence-corrected chi connectivity index (χ3v) is 6.23. The van der Waals surface area contributed by atoms with Crippen molar-refractivity contribution < 1.29 is 32.2 Å². The maximum Gasteiger partial charge on any atom is 0.416 e. The van der Waals surface area contributed by atoms with Crippen LogP contribution in [0.15, 0.2) is 30.3 Å². The number of hydrogen-bond donors (Lipinski definition) is 2. The first-order valence-corrected chi connectivity index (χ1v) is 12.0. The average Bonchev–Trinajstić information content (AvgIpc) is 2.86. The third kappa shape index (κ3) is 5.96. The Morgan fingerprint density at radius 1 is 1.16 bits per heavy atom. The van der Waals surface area contributed by atoms with Gasteiger partial charge in [0.05, 0.1) is 43.4 Å². The second-order valence-electron chi connectivity index (χ2n) is 9.06. The molecule has 38 heavy (non-hydrogen) atoms. The van der Waals surface area contributed by atoms with E-state index < -0.39 is 23.7 Å². The lowest BCUT2D eigenvalue weighted by atomic mass is 9.98. The number of aromatic nitrogens is 2. The first-order valence-electron chi connectivity index (χ1n) is 12.0. The van der Waals surface area contributed by atoms with Gasteiger partial charge in [0, 0.05) is 24.5 Å². The van der Waals surface area contributed by atoms with Gasteiger partial charge < -0.3 is 25.4 Å². The lowest BCUT2D eigenvalue weighted by molar-refractivity contribution is -0.137. The smallest absolute Gasteiger partial charge is 0.416 e. The first kappa shape index (κ1) is 27.1. The van der Waals surface area contributed by atoms with E-state index in [1.807, 2.05) is 0 Å². The van der Waals surface area contributed by atoms with Gasteiger partial charge in [0.2, 0.25) is 5.91 Å². The number of nitrogens with two attached hydrogens (primary N) is 1. The average molecular weight is 532 g/mol. The summed E-state index contributed by atoms with van der Waals surface area (Å²) in [6, 6.07) is 6.09. The molecule has 0 radical (unpaired) electrons. The number of nitrogens with zero attached hydrogens (tertiary/aromatic N) is 3. The number of halogens is 3. The number of primary amides is 1. The van der Waals surface area contributed by atoms with Crippen molar-refractivity contribution in [2.75, 3.05) is 38.7 Å². The molecular formula is C26H28F3N5O4. The van der Waals surface area contributed by atoms with Crippen LogP contribution in [0.4, 0.5) is 19.0 Å². The topological polar surface area (TPSA) is 120 Å². The standard InChI is InChI=1S/C26H28F3N5O4/c1-14(17-8-16(10-23(30)35)9-18(11-17)26(27,28)29)31-24-19-13-22(37-3)20(12-21(19)32-15(2)33-24)25(36)34-4-6-38-7-5-34/h8-9,11-14H,4-7,10H2,1-3H3,(H2,30,35)(H,31,32,33). The first-order chi connectivity index (χ1) is 18.0. The summed E-state index contributed by atoms with van der Waals surface area (Å²) in [6.07, 6.45) is -4.92. The van der Waals surface area contributed by atoms with Crippen molar-refractivity contribution in [1.82, 2.24) is 14.9 Å². The van der Waals surface area contributed by atoms with Crippen LogP contribution in [0.1, 0.15) is 45.8 Å². The maximum atomic E-state index is 13.5. The number of carbonyl (C=O) groups is 2. The van der Waals surface area contributed by atoms with Gasteiger partial charge in [0.1, 0.15) is 17.4 Å². The Morgan fingerprint density at radius 2 is 1.87 bits per heavy atom. The quantitative estimate of drug-likeness (QED) is 0.478. The fourth-order valence-electron chi connectivity index (χ4n) is 4.38. The Balaban J connectivity index is 1.73. The number of morpholine rings is 1. The van der Waals surface area contributed by atoms with E-state index in [1.165, 1.54) is 13.2 Å². The van der Waals surface area contributed by atoms with Gasteiger partial charge in [-0.15, -0.1) is 0 Å². The minimum atomic E-state index is -4.60. The van der Waals surface area contributed by atoms with Crippen molar-refractivity contribution in [2.45, 2.75) is 32.5 Å². The van der Waals surface area contributed by atoms with Gasteiger partial charge >= 0.3 is 6.18 Å². The molecule has 4 rings (SSSR count). The Hall–Kier alpha value is -3.93. The Morgan fingerprint density at radius 3 is 2.50 bits per heavy atom. The molecule has 9 nitrogen and oxygen atoms in total. The zero-order valence-electron chi connectivity index (χ0n) is 21.2. The molecule has 1 aliphatic rings. The van der Waals surface area contributed by atoms with Crippen LogP contribution < -0.4 is 15.8 Å². The summed E-state index contributed by atoms with van der Waals surface area (Å²) < 4.78 is 51.5. The van der Waals surface area contributed by atoms with Crippen molar-refractivity contribution >= 4 is 28.5 Å². The molecule has 2 aromatic carbocycles. The second kappa shape index (κ2) is 10.8. The van der Waals surface area contributed by atoms with Gasteiger partial charge in [0.25, 0.3) is 5.91 Å². The van der Waals surface area contributed by atoms with E-state index in [0.29, 0.717) is 65.7 Å². The second-order valence-corrected chi connectivity index (χ2v) is 9.06. The number of aryl methyl sites for hydroxylation is 1. The molecule has 1 unspecified atom stereocenters. The van der Waals surface area contributed by atoms with Gasteiger partial charge in [-0.05, 0) is 49.2 Å². The minimum absolute atomic E-state index is 0.160. The van der Waals surface area contributed by atoms with Crippen molar-refractivity contribution in [3.8, 4) is 5.75 Å². The Labute approximate surface area is 217 Å². The van der Waals surface area contributed by atoms with E-state index in [-0.39, 0.29) is 17.9 Å². The predicted molar refractivity (Wildman–Crippen MR) is 134 cm³/mol. The highest BCUT2D eigenvalue weighted by molar-refractivity contribution is 6.02. The van der Waals surface area contributed by atoms with Crippen LogP contribution >= 0.6 is 0 Å². The van der Waals surface area contributed by atoms with E-state index in [9.17, 15) is 22.8 Å². The van der Waals surface area contributed by atoms with E-state index in [0.717, 1.165) is 12.1 Å². The van der Waals surface area contributed by atoms with Crippen LogP contribution in [0.3, 0.4) is 0 Å². The summed E-state index contributed by atoms with van der Waals surface area (Å²) in [4.78, 5) is 35.2. The predicted octanol–water partition coefficient (Wildman–Crippen LogP) is 3.64. The number of benzene rings is 2. The number of ether oxygens (including phenoxy) is 2. The van der Waals surface area contributed by atoms with Gasteiger partial charge in [-0.3, -0.25) is 9.59 Å². The number of rotatable bonds is 7. The summed E-state index contributed by atoms with van der Waals surface area (Å²) in [5.41, 5.74) is 5.62. The molecule has 3 aromatic rings. The number of carbonyl (C=O) groups excluding carboxylic acids is 2. The van der Waals surface area contributed by atoms with Crippen molar-refractivity contribution in [1.29, 1.82) is 0 Å². The fourth-order valence-corrected chi connectivity index (χ4v) is 4.38. The zero-order valence-corrected chi connectivity index (χ0v) is 21.2. The third-order valence-electron chi connectivity index (χ3n) is 6.23. The minimum Gasteiger partial charge on any atom is -0.496 e. The number of hydrogen-bond acceptors (Lipinski definition) is 7. The summed E-state index contributed by atoms with van der Waals surface area (Å²) in [5, 5.41) is 3.69. The van der Waals surface area contributed by atoms with Crippen LogP contribution in [0.25, 0.3) is 10.9 Å². The van der Waals surface area contributed by atoms with E-state index in [2.05, 4.69) is 15.3 Å². The molecule has 12 heteroatoms. The van der Waals surface area contributed by atoms with Crippen LogP contribution in [-0.4, -0.2) is 60.1 Å². The SMILES string of the molecule is COc1cc2c(NC(C)c3cc(CC(N)=O)cc(C(F)(F)F)c3)nc(C)nc2cc1C(=O)N1CCOCC1. The summed E-state index contributed by atoms with van der Waals surface area (Å²) in [6.45, 7) is 5.18. The van der Waals surface area contributed by atoms with E-state index in [4.69, 9.17) is 15.2 Å². The molecule has 0 bridgehead atoms. The number of nitrogens with one attached hydrogen (secondary N) is 1. The molecule has 1 atom stereocenters. The highest BCUT2D eigenvalue weighted by atomic mass is 19.4. The molecule has 0 saturated carbocycles. The number of methoxy groups -OCH3 is 1. The number of alkyl halides is 3. The Bertz CT molecular complexity index is 1370. The molecule has 0 aliphatic carbocycles. The maximum absolute atomic E-state index is 13.5. The number of fused-ring (bicyclic) bond motifs is 1. The summed E-state index contributed by atoms with van der Waals surface area (Å²) in [5.74, 6) is 0.137. The van der Waals surface area contributed by atoms with E-state index >= 15 is 0 Å². The summed E-state index contributed by atoms with van der Waals surface area (Å²) in [7, 11) is 1.45. The molecule has 1 saturated heterocycles. The summed E-state index contributed by atoms with van der Waals surface area (Å²) >= 11 is 0. The van der Waals surface area contributed by atoms with Gasteiger partial charge in [-0.25, -0.2) is 9.97 Å². The van der Waals surface area contributed by atoms with Crippen molar-refractivity contribution in [2.24, 2.45) is 5.73 Å². The van der Waals surface area contributed by atoms with Crippen LogP contribution in [0, 0.1) is 6.92 Å². The lowest BCUT2D eigenvalue weighted by Crippen LogP contribution is -2.40. The molecule has 202 valence electrons. The molecule has 1 aromatic heterocycles. The normalized spacial score (nSPS) is 14.8. The Kier molecular flexibility index (Phi) is 7.72. The van der Waals surface area contributed by atoms with Crippen LogP contribution in [0.5, 0.6) is 5.75 Å². The molecule has 1 fully saturated rings.